The van der Waals surface area contributed by atoms with E-state index in [2.05, 4.69) is 4.98 Å². The summed E-state index contributed by atoms with van der Waals surface area (Å²) in [5.41, 5.74) is 1.85. The zero-order valence-corrected chi connectivity index (χ0v) is 13.1. The molecular weight excluding hydrogens is 304 g/mol. The SMILES string of the molecule is CCOC(=O)c1scnc1CC1=CC=CC(C)([N+](=O)[O-])C=C1. The largest absolute Gasteiger partial charge is 0.462 e. The van der Waals surface area contributed by atoms with Gasteiger partial charge in [-0.3, -0.25) is 10.1 Å². The Morgan fingerprint density at radius 1 is 1.50 bits per heavy atom. The summed E-state index contributed by atoms with van der Waals surface area (Å²) < 4.78 is 5.00. The van der Waals surface area contributed by atoms with Crippen LogP contribution in [-0.4, -0.2) is 28.0 Å². The number of nitro groups is 1. The fraction of sp³-hybridized carbons (Fsp3) is 0.333. The van der Waals surface area contributed by atoms with Gasteiger partial charge in [0.25, 0.3) is 5.54 Å². The lowest BCUT2D eigenvalue weighted by atomic mass is 10.0. The van der Waals surface area contributed by atoms with E-state index in [1.54, 1.807) is 36.7 Å². The van der Waals surface area contributed by atoms with E-state index in [1.165, 1.54) is 24.3 Å². The van der Waals surface area contributed by atoms with Gasteiger partial charge in [-0.1, -0.05) is 18.2 Å². The Hall–Kier alpha value is -2.28. The van der Waals surface area contributed by atoms with Gasteiger partial charge >= 0.3 is 5.97 Å². The second-order valence-electron chi connectivity index (χ2n) is 4.94. The van der Waals surface area contributed by atoms with Crippen molar-refractivity contribution in [2.75, 3.05) is 6.61 Å². The summed E-state index contributed by atoms with van der Waals surface area (Å²) in [4.78, 5) is 27.2. The molecule has 0 amide bonds. The molecule has 0 aliphatic heterocycles. The summed E-state index contributed by atoms with van der Waals surface area (Å²) in [6.07, 6.45) is 8.65. The maximum Gasteiger partial charge on any atom is 0.350 e. The van der Waals surface area contributed by atoms with Gasteiger partial charge in [-0.05, 0) is 24.6 Å². The third-order valence-electron chi connectivity index (χ3n) is 3.25. The lowest BCUT2D eigenvalue weighted by Gasteiger charge is -2.10. The maximum atomic E-state index is 11.8. The van der Waals surface area contributed by atoms with E-state index in [9.17, 15) is 14.9 Å². The zero-order chi connectivity index (χ0) is 16.2. The van der Waals surface area contributed by atoms with Crippen LogP contribution in [0.15, 0.2) is 41.5 Å². The van der Waals surface area contributed by atoms with E-state index in [4.69, 9.17) is 4.74 Å². The van der Waals surface area contributed by atoms with Crippen LogP contribution < -0.4 is 0 Å². The number of aromatic nitrogens is 1. The van der Waals surface area contributed by atoms with Crippen LogP contribution in [0, 0.1) is 10.1 Å². The molecule has 1 aromatic rings. The van der Waals surface area contributed by atoms with E-state index in [0.29, 0.717) is 23.6 Å². The zero-order valence-electron chi connectivity index (χ0n) is 12.3. The van der Waals surface area contributed by atoms with Gasteiger partial charge in [0.05, 0.1) is 17.8 Å². The van der Waals surface area contributed by atoms with Crippen molar-refractivity contribution in [3.05, 3.63) is 62.1 Å². The van der Waals surface area contributed by atoms with E-state index >= 15 is 0 Å². The number of esters is 1. The number of hydrogen-bond donors (Lipinski definition) is 0. The molecule has 0 spiro atoms. The number of carbonyl (C=O) groups is 1. The van der Waals surface area contributed by atoms with Crippen molar-refractivity contribution >= 4 is 17.3 Å². The number of allylic oxidation sites excluding steroid dienone is 4. The summed E-state index contributed by atoms with van der Waals surface area (Å²) in [6.45, 7) is 3.59. The summed E-state index contributed by atoms with van der Waals surface area (Å²) in [5.74, 6) is -0.385. The highest BCUT2D eigenvalue weighted by Gasteiger charge is 2.31. The normalized spacial score (nSPS) is 20.4. The summed E-state index contributed by atoms with van der Waals surface area (Å²) >= 11 is 1.23. The number of hydrogen-bond acceptors (Lipinski definition) is 6. The van der Waals surface area contributed by atoms with Crippen LogP contribution in [-0.2, 0) is 11.2 Å². The fourth-order valence-corrected chi connectivity index (χ4v) is 2.65. The molecule has 7 heteroatoms. The molecule has 1 heterocycles. The number of nitrogens with zero attached hydrogens (tertiary/aromatic N) is 2. The Kier molecular flexibility index (Phi) is 4.87. The molecule has 0 saturated carbocycles. The lowest BCUT2D eigenvalue weighted by molar-refractivity contribution is -0.535. The molecule has 1 aliphatic rings. The highest BCUT2D eigenvalue weighted by Crippen LogP contribution is 2.22. The second kappa shape index (κ2) is 6.65. The van der Waals surface area contributed by atoms with Gasteiger partial charge in [0.2, 0.25) is 0 Å². The van der Waals surface area contributed by atoms with Gasteiger partial charge in [0.1, 0.15) is 4.88 Å². The first-order chi connectivity index (χ1) is 10.5. The van der Waals surface area contributed by atoms with Crippen LogP contribution in [0.25, 0.3) is 0 Å². The number of carbonyl (C=O) groups excluding carboxylic acids is 1. The van der Waals surface area contributed by atoms with Gasteiger partial charge in [0.15, 0.2) is 0 Å². The van der Waals surface area contributed by atoms with E-state index < -0.39 is 5.54 Å². The van der Waals surface area contributed by atoms with Crippen molar-refractivity contribution in [1.29, 1.82) is 0 Å². The number of ether oxygens (including phenoxy) is 1. The van der Waals surface area contributed by atoms with Crippen LogP contribution in [0.3, 0.4) is 0 Å². The van der Waals surface area contributed by atoms with Gasteiger partial charge in [0, 0.05) is 18.3 Å². The topological polar surface area (TPSA) is 82.3 Å². The fourth-order valence-electron chi connectivity index (χ4n) is 1.94. The van der Waals surface area contributed by atoms with E-state index in [0.717, 1.165) is 5.57 Å². The maximum absolute atomic E-state index is 11.8. The number of rotatable bonds is 5. The van der Waals surface area contributed by atoms with E-state index in [-0.39, 0.29) is 10.9 Å². The second-order valence-corrected chi connectivity index (χ2v) is 5.80. The summed E-state index contributed by atoms with van der Waals surface area (Å²) in [7, 11) is 0. The average molecular weight is 320 g/mol. The van der Waals surface area contributed by atoms with Crippen LogP contribution in [0.2, 0.25) is 0 Å². The molecule has 116 valence electrons. The van der Waals surface area contributed by atoms with Crippen molar-refractivity contribution in [2.24, 2.45) is 0 Å². The molecule has 0 saturated heterocycles. The van der Waals surface area contributed by atoms with Crippen molar-refractivity contribution < 1.29 is 14.5 Å². The minimum absolute atomic E-state index is 0.308. The smallest absolute Gasteiger partial charge is 0.350 e. The van der Waals surface area contributed by atoms with Crippen molar-refractivity contribution in [1.82, 2.24) is 4.98 Å². The summed E-state index contributed by atoms with van der Waals surface area (Å²) in [5, 5.41) is 11.1. The standard InChI is InChI=1S/C15H16N2O4S/c1-3-21-14(18)13-12(16-10-22-13)9-11-5-4-7-15(2,8-6-11)17(19)20/h4-8,10H,3,9H2,1-2H3. The van der Waals surface area contributed by atoms with E-state index in [1.807, 2.05) is 0 Å². The molecule has 6 nitrogen and oxygen atoms in total. The Labute approximate surface area is 132 Å². The van der Waals surface area contributed by atoms with Crippen molar-refractivity contribution in [3.63, 3.8) is 0 Å². The molecule has 1 unspecified atom stereocenters. The minimum Gasteiger partial charge on any atom is -0.462 e. The first kappa shape index (κ1) is 16.1. The van der Waals surface area contributed by atoms with Gasteiger partial charge < -0.3 is 4.74 Å². The molecule has 0 bridgehead atoms. The number of thiazole rings is 1. The highest BCUT2D eigenvalue weighted by atomic mass is 32.1. The van der Waals surface area contributed by atoms with Gasteiger partial charge in [-0.15, -0.1) is 11.3 Å². The van der Waals surface area contributed by atoms with Crippen LogP contribution in [0.1, 0.15) is 29.2 Å². The Bertz CT molecular complexity index is 675. The quantitative estimate of drug-likeness (QED) is 0.473. The molecule has 1 atom stereocenters. The molecule has 0 radical (unpaired) electrons. The third kappa shape index (κ3) is 3.48. The van der Waals surface area contributed by atoms with Gasteiger partial charge in [-0.2, -0.15) is 0 Å². The molecule has 0 fully saturated rings. The van der Waals surface area contributed by atoms with Crippen LogP contribution in [0.5, 0.6) is 0 Å². The first-order valence-corrected chi connectivity index (χ1v) is 7.66. The lowest BCUT2D eigenvalue weighted by Crippen LogP contribution is -2.29. The monoisotopic (exact) mass is 320 g/mol. The van der Waals surface area contributed by atoms with Crippen LogP contribution >= 0.6 is 11.3 Å². The Morgan fingerprint density at radius 3 is 2.95 bits per heavy atom. The first-order valence-electron chi connectivity index (χ1n) is 6.78. The molecule has 1 aromatic heterocycles. The Morgan fingerprint density at radius 2 is 2.27 bits per heavy atom. The molecule has 2 rings (SSSR count). The van der Waals surface area contributed by atoms with Crippen LogP contribution in [0.4, 0.5) is 0 Å². The predicted molar refractivity (Wildman–Crippen MR) is 83.5 cm³/mol. The molecule has 0 aromatic carbocycles. The van der Waals surface area contributed by atoms with Gasteiger partial charge in [-0.25, -0.2) is 9.78 Å². The minimum atomic E-state index is -1.22. The predicted octanol–water partition coefficient (Wildman–Crippen LogP) is 2.95. The third-order valence-corrected chi connectivity index (χ3v) is 4.09. The summed E-state index contributed by atoms with van der Waals surface area (Å²) in [6, 6.07) is 0. The highest BCUT2D eigenvalue weighted by molar-refractivity contribution is 7.11. The molecular formula is C15H16N2O4S. The van der Waals surface area contributed by atoms with Crippen molar-refractivity contribution in [2.45, 2.75) is 25.8 Å². The molecule has 0 N–H and O–H groups in total. The van der Waals surface area contributed by atoms with Crippen molar-refractivity contribution in [3.8, 4) is 0 Å². The average Bonchev–Trinajstić information content (AvgIpc) is 2.84. The Balaban J connectivity index is 2.18. The molecule has 22 heavy (non-hydrogen) atoms. The molecule has 1 aliphatic carbocycles.